The molecule has 0 radical (unpaired) electrons. The van der Waals surface area contributed by atoms with Gasteiger partial charge < -0.3 is 20.7 Å². The highest BCUT2D eigenvalue weighted by atomic mass is 35.5. The van der Waals surface area contributed by atoms with Crippen LogP contribution in [0.25, 0.3) is 11.1 Å². The lowest BCUT2D eigenvalue weighted by atomic mass is 10.0. The van der Waals surface area contributed by atoms with E-state index < -0.39 is 11.9 Å². The third-order valence-electron chi connectivity index (χ3n) is 10.6. The molecule has 2 fully saturated rings. The lowest BCUT2D eigenvalue weighted by molar-refractivity contribution is -0.138. The number of likely N-dealkylation sites (tertiary alicyclic amines) is 1. The summed E-state index contributed by atoms with van der Waals surface area (Å²) in [4.78, 5) is 45.5. The number of unbranched alkanes of at least 4 members (excludes halogenated alkanes) is 1. The van der Waals surface area contributed by atoms with Crippen LogP contribution >= 0.6 is 23.2 Å². The van der Waals surface area contributed by atoms with E-state index in [9.17, 15) is 18.8 Å². The van der Waals surface area contributed by atoms with Crippen LogP contribution in [0, 0.1) is 5.82 Å². The number of halogens is 3. The lowest BCUT2D eigenvalue weighted by Crippen LogP contribution is -2.50. The van der Waals surface area contributed by atoms with E-state index >= 15 is 0 Å². The Balaban J connectivity index is 0.856. The molecule has 15 heteroatoms. The van der Waals surface area contributed by atoms with Gasteiger partial charge in [0.2, 0.25) is 17.7 Å². The molecule has 0 saturated carbocycles. The molecule has 2 aromatic heterocycles. The predicted octanol–water partition coefficient (Wildman–Crippen LogP) is 6.68. The van der Waals surface area contributed by atoms with Gasteiger partial charge in [-0.15, -0.1) is 0 Å². The zero-order chi connectivity index (χ0) is 37.9. The van der Waals surface area contributed by atoms with Crippen LogP contribution in [0.1, 0.15) is 80.7 Å². The number of carbonyl (C=O) groups is 3. The van der Waals surface area contributed by atoms with E-state index in [0.717, 1.165) is 49.0 Å². The van der Waals surface area contributed by atoms with Gasteiger partial charge in [0.25, 0.3) is 0 Å². The van der Waals surface area contributed by atoms with Crippen molar-refractivity contribution >= 4 is 52.4 Å². The number of amides is 3. The molecule has 5 heterocycles. The minimum Gasteiger partial charge on any atom is -0.482 e. The highest BCUT2D eigenvalue weighted by molar-refractivity contribution is 6.36. The molecule has 284 valence electrons. The van der Waals surface area contributed by atoms with E-state index in [1.807, 2.05) is 21.8 Å². The summed E-state index contributed by atoms with van der Waals surface area (Å²) in [5.74, 6) is -0.338. The molecule has 4 aromatic rings. The molecule has 2 aromatic carbocycles. The van der Waals surface area contributed by atoms with Gasteiger partial charge in [0.15, 0.2) is 11.6 Å². The van der Waals surface area contributed by atoms with E-state index in [2.05, 4.69) is 37.7 Å². The maximum absolute atomic E-state index is 14.1. The summed E-state index contributed by atoms with van der Waals surface area (Å²) < 4.78 is 22.1. The Morgan fingerprint density at radius 1 is 1.09 bits per heavy atom. The number of ether oxygens (including phenoxy) is 1. The number of hydrogen-bond acceptors (Lipinski definition) is 9. The summed E-state index contributed by atoms with van der Waals surface area (Å²) >= 11 is 12.5. The molecule has 0 bridgehead atoms. The van der Waals surface area contributed by atoms with Gasteiger partial charge in [-0.25, -0.2) is 9.37 Å². The average molecular weight is 778 g/mol. The number of pyridine rings is 1. The van der Waals surface area contributed by atoms with Crippen molar-refractivity contribution in [2.75, 3.05) is 30.7 Å². The molecular weight excluding hydrogens is 734 g/mol. The number of imide groups is 1. The molecule has 54 heavy (non-hydrogen) atoms. The minimum absolute atomic E-state index is 0.102. The second-order valence-electron chi connectivity index (χ2n) is 14.1. The molecule has 0 aliphatic carbocycles. The highest BCUT2D eigenvalue weighted by Crippen LogP contribution is 2.37. The summed E-state index contributed by atoms with van der Waals surface area (Å²) in [6.07, 6.45) is 9.34. The third-order valence-corrected chi connectivity index (χ3v) is 11.3. The van der Waals surface area contributed by atoms with Crippen LogP contribution in [0.3, 0.4) is 0 Å². The first kappa shape index (κ1) is 37.6. The van der Waals surface area contributed by atoms with Crippen LogP contribution in [0.5, 0.6) is 5.75 Å². The second kappa shape index (κ2) is 16.3. The summed E-state index contributed by atoms with van der Waals surface area (Å²) in [6, 6.07) is 10.5. The summed E-state index contributed by atoms with van der Waals surface area (Å²) in [7, 11) is 0. The van der Waals surface area contributed by atoms with Gasteiger partial charge in [0.1, 0.15) is 11.9 Å². The van der Waals surface area contributed by atoms with Crippen molar-refractivity contribution in [3.05, 3.63) is 87.5 Å². The molecule has 4 N–H and O–H groups in total. The zero-order valence-electron chi connectivity index (χ0n) is 30.0. The van der Waals surface area contributed by atoms with Crippen LogP contribution in [0.15, 0.2) is 55.0 Å². The summed E-state index contributed by atoms with van der Waals surface area (Å²) in [5, 5.41) is 10.8. The lowest BCUT2D eigenvalue weighted by Gasteiger charge is -2.32. The zero-order valence-corrected chi connectivity index (χ0v) is 31.5. The number of nitrogens with one attached hydrogen (secondary N) is 2. The van der Waals surface area contributed by atoms with Crippen molar-refractivity contribution < 1.29 is 23.5 Å². The Hall–Kier alpha value is -4.72. The van der Waals surface area contributed by atoms with E-state index in [1.54, 1.807) is 25.4 Å². The average Bonchev–Trinajstić information content (AvgIpc) is 3.83. The Labute approximate surface area is 323 Å². The van der Waals surface area contributed by atoms with Crippen molar-refractivity contribution in [2.24, 2.45) is 0 Å². The van der Waals surface area contributed by atoms with Crippen molar-refractivity contribution in [1.29, 1.82) is 0 Å². The largest absolute Gasteiger partial charge is 0.482 e. The van der Waals surface area contributed by atoms with E-state index in [0.29, 0.717) is 56.8 Å². The molecule has 0 spiro atoms. The molecular formula is C39H43Cl2FN8O4. The quantitative estimate of drug-likeness (QED) is 0.0815. The summed E-state index contributed by atoms with van der Waals surface area (Å²) in [6.45, 7) is 5.15. The van der Waals surface area contributed by atoms with Gasteiger partial charge in [-0.1, -0.05) is 35.3 Å². The Morgan fingerprint density at radius 3 is 2.70 bits per heavy atom. The number of benzene rings is 2. The molecule has 3 aliphatic heterocycles. The summed E-state index contributed by atoms with van der Waals surface area (Å²) in [5.41, 5.74) is 11.5. The predicted molar refractivity (Wildman–Crippen MR) is 204 cm³/mol. The Bertz CT molecular complexity index is 2050. The van der Waals surface area contributed by atoms with Gasteiger partial charge in [-0.05, 0) is 74.4 Å². The number of nitrogens with zero attached hydrogens (tertiary/aromatic N) is 5. The monoisotopic (exact) mass is 776 g/mol. The molecule has 3 amide bonds. The van der Waals surface area contributed by atoms with Gasteiger partial charge in [0.05, 0.1) is 23.3 Å². The first-order chi connectivity index (χ1) is 26.0. The van der Waals surface area contributed by atoms with Crippen LogP contribution < -0.4 is 21.1 Å². The van der Waals surface area contributed by atoms with E-state index in [-0.39, 0.29) is 45.7 Å². The maximum Gasteiger partial charge on any atom is 0.243 e. The second-order valence-corrected chi connectivity index (χ2v) is 14.9. The molecule has 1 unspecified atom stereocenters. The number of fused-ring (bicyclic) bond motifs is 1. The van der Waals surface area contributed by atoms with Crippen LogP contribution in [0.2, 0.25) is 10.0 Å². The number of nitrogen functional groups attached to an aromatic ring is 1. The van der Waals surface area contributed by atoms with E-state index in [4.69, 9.17) is 33.7 Å². The smallest absolute Gasteiger partial charge is 0.243 e. The molecule has 12 nitrogen and oxygen atoms in total. The number of nitrogens with two attached hydrogens (primary N) is 1. The Kier molecular flexibility index (Phi) is 11.4. The van der Waals surface area contributed by atoms with Crippen molar-refractivity contribution in [2.45, 2.75) is 83.1 Å². The maximum atomic E-state index is 14.1. The van der Waals surface area contributed by atoms with Crippen LogP contribution in [-0.2, 0) is 27.5 Å². The molecule has 3 aliphatic rings. The van der Waals surface area contributed by atoms with Crippen molar-refractivity contribution in [3.63, 3.8) is 0 Å². The van der Waals surface area contributed by atoms with Gasteiger partial charge >= 0.3 is 0 Å². The first-order valence-corrected chi connectivity index (χ1v) is 19.1. The number of aromatic nitrogens is 3. The SMILES string of the molecule is C[C@@H](Oc1cc(-c2cnn(C3CCN(C(=O)CCCCNc4cccc5c4CN(C4CCC(=O)NC4=O)C5)CC3)c2)cnc1N)c1c(Cl)ccc(F)c1Cl. The van der Waals surface area contributed by atoms with Gasteiger partial charge in [-0.3, -0.25) is 29.3 Å². The van der Waals surface area contributed by atoms with Gasteiger partial charge in [-0.2, -0.15) is 5.10 Å². The third kappa shape index (κ3) is 8.18. The fourth-order valence-corrected chi connectivity index (χ4v) is 8.26. The fourth-order valence-electron chi connectivity index (χ4n) is 7.59. The molecule has 7 rings (SSSR count). The minimum atomic E-state index is -0.691. The molecule has 2 saturated heterocycles. The first-order valence-electron chi connectivity index (χ1n) is 18.4. The number of anilines is 2. The fraction of sp³-hybridized carbons (Fsp3) is 0.410. The number of piperidine rings is 2. The number of hydrogen-bond donors (Lipinski definition) is 3. The van der Waals surface area contributed by atoms with Crippen molar-refractivity contribution in [1.82, 2.24) is 29.9 Å². The Morgan fingerprint density at radius 2 is 1.91 bits per heavy atom. The van der Waals surface area contributed by atoms with Crippen LogP contribution in [-0.4, -0.2) is 68.0 Å². The van der Waals surface area contributed by atoms with E-state index in [1.165, 1.54) is 23.3 Å². The number of rotatable bonds is 12. The highest BCUT2D eigenvalue weighted by Gasteiger charge is 2.35. The van der Waals surface area contributed by atoms with Gasteiger partial charge in [0, 0.05) is 85.4 Å². The topological polar surface area (TPSA) is 148 Å². The normalized spacial score (nSPS) is 18.4. The van der Waals surface area contributed by atoms with Crippen molar-refractivity contribution in [3.8, 4) is 16.9 Å². The molecule has 2 atom stereocenters. The van der Waals surface area contributed by atoms with Crippen LogP contribution in [0.4, 0.5) is 15.9 Å². The standard InChI is InChI=1S/C39H43Cl2FN8O4/c1-23(36-29(40)8-9-30(42)37(36)41)54-33-17-25(18-45-38(33)43)26-19-46-50(21-26)27-12-15-48(16-13-27)35(52)7-2-3-14-44-31-6-4-5-24-20-49(22-28(24)31)32-10-11-34(51)47-39(32)53/h4-6,8-9,17-19,21,23,27,32,44H,2-3,7,10-16,20,22H2,1H3,(H2,43,45)(H,47,51,53)/t23-,32?/m1/s1. The number of carbonyl (C=O) groups excluding carboxylic acids is 3.